The zero-order chi connectivity index (χ0) is 13.8. The van der Waals surface area contributed by atoms with Crippen molar-refractivity contribution in [3.63, 3.8) is 0 Å². The number of aryl methyl sites for hydroxylation is 1. The number of hydrogen-bond donors (Lipinski definition) is 3. The molecule has 19 heavy (non-hydrogen) atoms. The lowest BCUT2D eigenvalue weighted by molar-refractivity contribution is 0.0697. The minimum atomic E-state index is -0.979. The maximum Gasteiger partial charge on any atom is 0.337 e. The van der Waals surface area contributed by atoms with Gasteiger partial charge in [0.05, 0.1) is 11.7 Å². The molecule has 5 heteroatoms. The summed E-state index contributed by atoms with van der Waals surface area (Å²) in [4.78, 5) is 11.1. The van der Waals surface area contributed by atoms with E-state index in [1.165, 1.54) is 11.3 Å². The van der Waals surface area contributed by atoms with E-state index in [4.69, 9.17) is 5.11 Å². The average Bonchev–Trinajstić information content (AvgIpc) is 2.89. The Hall–Kier alpha value is -1.85. The Morgan fingerprint density at radius 3 is 2.84 bits per heavy atom. The lowest BCUT2D eigenvalue weighted by Crippen LogP contribution is -2.14. The van der Waals surface area contributed by atoms with Crippen LogP contribution in [0.5, 0.6) is 0 Å². The zero-order valence-electron chi connectivity index (χ0n) is 10.5. The van der Waals surface area contributed by atoms with Crippen LogP contribution in [0.25, 0.3) is 0 Å². The van der Waals surface area contributed by atoms with Gasteiger partial charge < -0.3 is 15.5 Å². The Morgan fingerprint density at radius 2 is 2.21 bits per heavy atom. The van der Waals surface area contributed by atoms with Crippen LogP contribution in [-0.4, -0.2) is 22.7 Å². The Labute approximate surface area is 115 Å². The number of rotatable bonds is 5. The predicted molar refractivity (Wildman–Crippen MR) is 75.9 cm³/mol. The average molecular weight is 277 g/mol. The van der Waals surface area contributed by atoms with Gasteiger partial charge >= 0.3 is 5.97 Å². The third-order valence-corrected chi connectivity index (χ3v) is 3.52. The summed E-state index contributed by atoms with van der Waals surface area (Å²) < 4.78 is 0. The molecule has 1 atom stereocenters. The molecule has 1 aromatic carbocycles. The molecular weight excluding hydrogens is 262 g/mol. The summed E-state index contributed by atoms with van der Waals surface area (Å²) in [7, 11) is 0. The van der Waals surface area contributed by atoms with Gasteiger partial charge in [0.25, 0.3) is 0 Å². The SMILES string of the molecule is Cc1ccc(C(=O)O)c(NCC(O)c2ccsc2)c1. The first-order chi connectivity index (χ1) is 9.08. The molecule has 0 saturated carbocycles. The normalized spacial score (nSPS) is 12.1. The highest BCUT2D eigenvalue weighted by Crippen LogP contribution is 2.21. The van der Waals surface area contributed by atoms with Crippen molar-refractivity contribution >= 4 is 23.0 Å². The van der Waals surface area contributed by atoms with Gasteiger partial charge in [-0.15, -0.1) is 0 Å². The topological polar surface area (TPSA) is 69.6 Å². The molecule has 0 aliphatic heterocycles. The van der Waals surface area contributed by atoms with Crippen LogP contribution >= 0.6 is 11.3 Å². The van der Waals surface area contributed by atoms with Crippen molar-refractivity contribution < 1.29 is 15.0 Å². The van der Waals surface area contributed by atoms with Crippen molar-refractivity contribution in [1.29, 1.82) is 0 Å². The monoisotopic (exact) mass is 277 g/mol. The molecule has 3 N–H and O–H groups in total. The van der Waals surface area contributed by atoms with Crippen LogP contribution in [0.1, 0.15) is 27.6 Å². The molecule has 0 amide bonds. The van der Waals surface area contributed by atoms with Gasteiger partial charge in [0.2, 0.25) is 0 Å². The molecule has 0 aliphatic rings. The number of nitrogens with one attached hydrogen (secondary N) is 1. The predicted octanol–water partition coefficient (Wildman–Crippen LogP) is 2.90. The highest BCUT2D eigenvalue weighted by molar-refractivity contribution is 7.07. The summed E-state index contributed by atoms with van der Waals surface area (Å²) in [5, 5.41) is 25.8. The summed E-state index contributed by atoms with van der Waals surface area (Å²) in [5.41, 5.74) is 2.55. The molecule has 1 aromatic heterocycles. The molecule has 0 spiro atoms. The third-order valence-electron chi connectivity index (χ3n) is 2.82. The van der Waals surface area contributed by atoms with Gasteiger partial charge in [-0.05, 0) is 47.0 Å². The first-order valence-corrected chi connectivity index (χ1v) is 6.80. The molecular formula is C14H15NO3S. The minimum absolute atomic E-state index is 0.211. The second kappa shape index (κ2) is 5.86. The smallest absolute Gasteiger partial charge is 0.337 e. The first kappa shape index (κ1) is 13.6. The van der Waals surface area contributed by atoms with Crippen LogP contribution in [-0.2, 0) is 0 Å². The number of anilines is 1. The second-order valence-electron chi connectivity index (χ2n) is 4.31. The van der Waals surface area contributed by atoms with Gasteiger partial charge in [-0.25, -0.2) is 4.79 Å². The quantitative estimate of drug-likeness (QED) is 0.786. The summed E-state index contributed by atoms with van der Waals surface area (Å²) in [5.74, 6) is -0.979. The fourth-order valence-corrected chi connectivity index (χ4v) is 2.49. The second-order valence-corrected chi connectivity index (χ2v) is 5.09. The van der Waals surface area contributed by atoms with E-state index < -0.39 is 12.1 Å². The van der Waals surface area contributed by atoms with Crippen LogP contribution in [0.4, 0.5) is 5.69 Å². The van der Waals surface area contributed by atoms with E-state index in [0.29, 0.717) is 5.69 Å². The number of carbonyl (C=O) groups is 1. The highest BCUT2D eigenvalue weighted by Gasteiger charge is 2.12. The molecule has 1 unspecified atom stereocenters. The van der Waals surface area contributed by atoms with Gasteiger partial charge in [0.15, 0.2) is 0 Å². The summed E-state index contributed by atoms with van der Waals surface area (Å²) in [6, 6.07) is 6.94. The van der Waals surface area contributed by atoms with Gasteiger partial charge in [-0.2, -0.15) is 11.3 Å². The van der Waals surface area contributed by atoms with Crippen molar-refractivity contribution in [2.24, 2.45) is 0 Å². The highest BCUT2D eigenvalue weighted by atomic mass is 32.1. The van der Waals surface area contributed by atoms with E-state index in [1.807, 2.05) is 23.8 Å². The maximum absolute atomic E-state index is 11.1. The van der Waals surface area contributed by atoms with Crippen LogP contribution < -0.4 is 5.32 Å². The van der Waals surface area contributed by atoms with E-state index in [2.05, 4.69) is 5.32 Å². The van der Waals surface area contributed by atoms with E-state index in [-0.39, 0.29) is 12.1 Å². The standard InChI is InChI=1S/C14H15NO3S/c1-9-2-3-11(14(17)18)12(6-9)15-7-13(16)10-4-5-19-8-10/h2-6,8,13,15-16H,7H2,1H3,(H,17,18). The van der Waals surface area contributed by atoms with Crippen LogP contribution in [0.3, 0.4) is 0 Å². The number of carboxylic acid groups (broad SMARTS) is 1. The molecule has 0 fully saturated rings. The van der Waals surface area contributed by atoms with E-state index in [1.54, 1.807) is 18.2 Å². The first-order valence-electron chi connectivity index (χ1n) is 5.86. The fraction of sp³-hybridized carbons (Fsp3) is 0.214. The number of thiophene rings is 1. The minimum Gasteiger partial charge on any atom is -0.478 e. The summed E-state index contributed by atoms with van der Waals surface area (Å²) in [6.07, 6.45) is -0.645. The van der Waals surface area contributed by atoms with Crippen LogP contribution in [0, 0.1) is 6.92 Å². The molecule has 4 nitrogen and oxygen atoms in total. The molecule has 1 heterocycles. The lowest BCUT2D eigenvalue weighted by atomic mass is 10.1. The summed E-state index contributed by atoms with van der Waals surface area (Å²) in [6.45, 7) is 2.17. The maximum atomic E-state index is 11.1. The van der Waals surface area contributed by atoms with Crippen molar-refractivity contribution in [3.8, 4) is 0 Å². The molecule has 0 aliphatic carbocycles. The number of carboxylic acids is 1. The van der Waals surface area contributed by atoms with Crippen molar-refractivity contribution in [2.45, 2.75) is 13.0 Å². The fourth-order valence-electron chi connectivity index (χ4n) is 1.78. The van der Waals surface area contributed by atoms with Gasteiger partial charge in [-0.1, -0.05) is 6.07 Å². The van der Waals surface area contributed by atoms with Gasteiger partial charge in [0.1, 0.15) is 0 Å². The molecule has 0 radical (unpaired) electrons. The Morgan fingerprint density at radius 1 is 1.42 bits per heavy atom. The lowest BCUT2D eigenvalue weighted by Gasteiger charge is -2.14. The largest absolute Gasteiger partial charge is 0.478 e. The van der Waals surface area contributed by atoms with Crippen molar-refractivity contribution in [1.82, 2.24) is 0 Å². The van der Waals surface area contributed by atoms with Crippen LogP contribution in [0.15, 0.2) is 35.0 Å². The molecule has 100 valence electrons. The number of benzene rings is 1. The Bertz CT molecular complexity index is 566. The Kier molecular flexibility index (Phi) is 4.19. The van der Waals surface area contributed by atoms with Crippen LogP contribution in [0.2, 0.25) is 0 Å². The Balaban J connectivity index is 2.10. The third kappa shape index (κ3) is 3.33. The zero-order valence-corrected chi connectivity index (χ0v) is 11.3. The van der Waals surface area contributed by atoms with E-state index in [0.717, 1.165) is 11.1 Å². The van der Waals surface area contributed by atoms with E-state index >= 15 is 0 Å². The number of hydrogen-bond acceptors (Lipinski definition) is 4. The van der Waals surface area contributed by atoms with Crippen molar-refractivity contribution in [3.05, 3.63) is 51.7 Å². The van der Waals surface area contributed by atoms with Gasteiger partial charge in [-0.3, -0.25) is 0 Å². The summed E-state index contributed by atoms with van der Waals surface area (Å²) >= 11 is 1.52. The van der Waals surface area contributed by atoms with Crippen molar-refractivity contribution in [2.75, 3.05) is 11.9 Å². The number of aromatic carboxylic acids is 1. The molecule has 2 rings (SSSR count). The number of aliphatic hydroxyl groups is 1. The molecule has 2 aromatic rings. The van der Waals surface area contributed by atoms with Gasteiger partial charge in [0, 0.05) is 12.2 Å². The molecule has 0 saturated heterocycles. The molecule has 0 bridgehead atoms. The number of aliphatic hydroxyl groups excluding tert-OH is 1. The van der Waals surface area contributed by atoms with E-state index in [9.17, 15) is 9.90 Å².